The van der Waals surface area contributed by atoms with Crippen LogP contribution in [0.1, 0.15) is 30.1 Å². The van der Waals surface area contributed by atoms with Crippen LogP contribution >= 0.6 is 11.6 Å². The summed E-state index contributed by atoms with van der Waals surface area (Å²) >= 11 is 6.01. The Labute approximate surface area is 118 Å². The number of nitrogens with two attached hydrogens (primary N) is 1. The summed E-state index contributed by atoms with van der Waals surface area (Å²) in [6.45, 7) is 4.30. The molecule has 1 aromatic rings. The van der Waals surface area contributed by atoms with Crippen LogP contribution in [0.4, 0.5) is 5.69 Å². The van der Waals surface area contributed by atoms with E-state index in [4.69, 9.17) is 22.1 Å². The average Bonchev–Trinajstić information content (AvgIpc) is 2.40. The monoisotopic (exact) mass is 282 g/mol. The van der Waals surface area contributed by atoms with Gasteiger partial charge in [-0.05, 0) is 36.5 Å². The average molecular weight is 283 g/mol. The molecule has 5 heteroatoms. The van der Waals surface area contributed by atoms with E-state index in [0.29, 0.717) is 22.8 Å². The van der Waals surface area contributed by atoms with Gasteiger partial charge in [-0.3, -0.25) is 4.79 Å². The molecular weight excluding hydrogens is 264 g/mol. The first kappa shape index (κ1) is 14.2. The number of hydrogen-bond acceptors (Lipinski definition) is 3. The number of halogens is 1. The van der Waals surface area contributed by atoms with Crippen molar-refractivity contribution >= 4 is 23.2 Å². The fourth-order valence-corrected chi connectivity index (χ4v) is 2.35. The van der Waals surface area contributed by atoms with Crippen molar-refractivity contribution in [2.24, 2.45) is 5.41 Å². The maximum atomic E-state index is 12.1. The zero-order chi connectivity index (χ0) is 13.9. The van der Waals surface area contributed by atoms with E-state index in [9.17, 15) is 4.79 Å². The highest BCUT2D eigenvalue weighted by molar-refractivity contribution is 6.34. The van der Waals surface area contributed by atoms with E-state index >= 15 is 0 Å². The smallest absolute Gasteiger partial charge is 0.252 e. The minimum Gasteiger partial charge on any atom is -0.399 e. The van der Waals surface area contributed by atoms with Crippen molar-refractivity contribution in [2.45, 2.75) is 19.8 Å². The highest BCUT2D eigenvalue weighted by Gasteiger charge is 2.28. The van der Waals surface area contributed by atoms with Gasteiger partial charge in [0, 0.05) is 25.4 Å². The van der Waals surface area contributed by atoms with Gasteiger partial charge in [0.25, 0.3) is 5.91 Å². The van der Waals surface area contributed by atoms with Crippen LogP contribution in [0.3, 0.4) is 0 Å². The van der Waals surface area contributed by atoms with Gasteiger partial charge >= 0.3 is 0 Å². The molecular formula is C14H19ClN2O2. The fourth-order valence-electron chi connectivity index (χ4n) is 2.15. The second-order valence-electron chi connectivity index (χ2n) is 5.34. The normalized spacial score (nSPS) is 18.0. The van der Waals surface area contributed by atoms with Gasteiger partial charge in [0.05, 0.1) is 10.6 Å². The number of carbonyl (C=O) groups excluding carboxylic acids is 1. The van der Waals surface area contributed by atoms with Crippen LogP contribution in [0.15, 0.2) is 18.2 Å². The third kappa shape index (κ3) is 3.61. The van der Waals surface area contributed by atoms with E-state index < -0.39 is 0 Å². The Kier molecular flexibility index (Phi) is 4.32. The summed E-state index contributed by atoms with van der Waals surface area (Å²) in [6.07, 6.45) is 1.91. The van der Waals surface area contributed by atoms with Gasteiger partial charge in [-0.1, -0.05) is 18.5 Å². The van der Waals surface area contributed by atoms with Crippen molar-refractivity contribution < 1.29 is 9.53 Å². The van der Waals surface area contributed by atoms with Crippen molar-refractivity contribution in [2.75, 3.05) is 25.5 Å². The molecule has 0 aromatic heterocycles. The number of anilines is 1. The Hall–Kier alpha value is -1.26. The van der Waals surface area contributed by atoms with E-state index in [1.165, 1.54) is 0 Å². The third-order valence-corrected chi connectivity index (χ3v) is 3.94. The summed E-state index contributed by atoms with van der Waals surface area (Å²) in [5, 5.41) is 3.36. The lowest BCUT2D eigenvalue weighted by molar-refractivity contribution is 0.0238. The molecule has 1 fully saturated rings. The van der Waals surface area contributed by atoms with Gasteiger partial charge in [-0.2, -0.15) is 0 Å². The largest absolute Gasteiger partial charge is 0.399 e. The Bertz CT molecular complexity index is 471. The van der Waals surface area contributed by atoms with Gasteiger partial charge in [-0.15, -0.1) is 0 Å². The second kappa shape index (κ2) is 5.80. The van der Waals surface area contributed by atoms with Gasteiger partial charge < -0.3 is 15.8 Å². The molecule has 1 heterocycles. The molecule has 0 atom stereocenters. The minimum absolute atomic E-state index is 0.0979. The SMILES string of the molecule is CC1(CNC(=O)c2cc(N)ccc2Cl)CCOCC1. The highest BCUT2D eigenvalue weighted by Crippen LogP contribution is 2.29. The van der Waals surface area contributed by atoms with Crippen LogP contribution in [0.5, 0.6) is 0 Å². The first-order chi connectivity index (χ1) is 9.00. The van der Waals surface area contributed by atoms with E-state index in [1.54, 1.807) is 18.2 Å². The quantitative estimate of drug-likeness (QED) is 0.837. The van der Waals surface area contributed by atoms with Crippen LogP contribution in [-0.2, 0) is 4.74 Å². The number of nitrogens with one attached hydrogen (secondary N) is 1. The van der Waals surface area contributed by atoms with E-state index in [-0.39, 0.29) is 11.3 Å². The van der Waals surface area contributed by atoms with Crippen molar-refractivity contribution in [3.8, 4) is 0 Å². The number of nitrogen functional groups attached to an aromatic ring is 1. The number of amides is 1. The summed E-state index contributed by atoms with van der Waals surface area (Å²) in [5.41, 5.74) is 6.74. The van der Waals surface area contributed by atoms with Crippen molar-refractivity contribution in [1.29, 1.82) is 0 Å². The molecule has 19 heavy (non-hydrogen) atoms. The summed E-state index contributed by atoms with van der Waals surface area (Å²) in [6, 6.07) is 4.92. The molecule has 104 valence electrons. The van der Waals surface area contributed by atoms with Gasteiger partial charge in [0.2, 0.25) is 0 Å². The number of rotatable bonds is 3. The number of ether oxygens (including phenoxy) is 1. The first-order valence-corrected chi connectivity index (χ1v) is 6.79. The number of carbonyl (C=O) groups is 1. The highest BCUT2D eigenvalue weighted by atomic mass is 35.5. The molecule has 1 aliphatic rings. The maximum absolute atomic E-state index is 12.1. The van der Waals surface area contributed by atoms with Crippen LogP contribution < -0.4 is 11.1 Å². The number of benzene rings is 1. The van der Waals surface area contributed by atoms with E-state index in [1.807, 2.05) is 0 Å². The zero-order valence-corrected chi connectivity index (χ0v) is 11.8. The topological polar surface area (TPSA) is 64.4 Å². The summed E-state index contributed by atoms with van der Waals surface area (Å²) in [4.78, 5) is 12.1. The number of hydrogen-bond donors (Lipinski definition) is 2. The molecule has 0 spiro atoms. The molecule has 0 bridgehead atoms. The molecule has 3 N–H and O–H groups in total. The van der Waals surface area contributed by atoms with Gasteiger partial charge in [0.1, 0.15) is 0 Å². The van der Waals surface area contributed by atoms with Crippen LogP contribution in [0.2, 0.25) is 5.02 Å². The Morgan fingerprint density at radius 2 is 2.16 bits per heavy atom. The molecule has 0 saturated carbocycles. The van der Waals surface area contributed by atoms with Crippen LogP contribution in [0.25, 0.3) is 0 Å². The predicted molar refractivity (Wildman–Crippen MR) is 76.4 cm³/mol. The standard InChI is InChI=1S/C14H19ClN2O2/c1-14(4-6-19-7-5-14)9-17-13(18)11-8-10(16)2-3-12(11)15/h2-3,8H,4-7,9,16H2,1H3,(H,17,18). The zero-order valence-electron chi connectivity index (χ0n) is 11.0. The molecule has 0 radical (unpaired) electrons. The maximum Gasteiger partial charge on any atom is 0.252 e. The minimum atomic E-state index is -0.176. The van der Waals surface area contributed by atoms with Crippen molar-refractivity contribution in [3.63, 3.8) is 0 Å². The van der Waals surface area contributed by atoms with Crippen molar-refractivity contribution in [1.82, 2.24) is 5.32 Å². The lowest BCUT2D eigenvalue weighted by Gasteiger charge is -2.33. The van der Waals surface area contributed by atoms with Gasteiger partial charge in [-0.25, -0.2) is 0 Å². The van der Waals surface area contributed by atoms with E-state index in [2.05, 4.69) is 12.2 Å². The van der Waals surface area contributed by atoms with Gasteiger partial charge in [0.15, 0.2) is 0 Å². The molecule has 1 saturated heterocycles. The van der Waals surface area contributed by atoms with Crippen LogP contribution in [0, 0.1) is 5.41 Å². The molecule has 0 aliphatic carbocycles. The van der Waals surface area contributed by atoms with E-state index in [0.717, 1.165) is 26.1 Å². The molecule has 1 aliphatic heterocycles. The van der Waals surface area contributed by atoms with Crippen molar-refractivity contribution in [3.05, 3.63) is 28.8 Å². The third-order valence-electron chi connectivity index (χ3n) is 3.61. The molecule has 0 unspecified atom stereocenters. The molecule has 2 rings (SSSR count). The predicted octanol–water partition coefficient (Wildman–Crippen LogP) is 2.47. The second-order valence-corrected chi connectivity index (χ2v) is 5.75. The Balaban J connectivity index is 1.99. The summed E-state index contributed by atoms with van der Waals surface area (Å²) < 4.78 is 5.34. The lowest BCUT2D eigenvalue weighted by Crippen LogP contribution is -2.39. The Morgan fingerprint density at radius 1 is 1.47 bits per heavy atom. The molecule has 1 amide bonds. The fraction of sp³-hybridized carbons (Fsp3) is 0.500. The summed E-state index contributed by atoms with van der Waals surface area (Å²) in [7, 11) is 0. The molecule has 4 nitrogen and oxygen atoms in total. The van der Waals surface area contributed by atoms with Crippen LogP contribution in [-0.4, -0.2) is 25.7 Å². The Morgan fingerprint density at radius 3 is 2.84 bits per heavy atom. The lowest BCUT2D eigenvalue weighted by atomic mass is 9.82. The molecule has 1 aromatic carbocycles. The first-order valence-electron chi connectivity index (χ1n) is 6.41. The summed E-state index contributed by atoms with van der Waals surface area (Å²) in [5.74, 6) is -0.176.